The third-order valence-electron chi connectivity index (χ3n) is 1.80. The van der Waals surface area contributed by atoms with Crippen molar-refractivity contribution < 1.29 is 9.34 Å². The van der Waals surface area contributed by atoms with Gasteiger partial charge in [-0.15, -0.1) is 0 Å². The molecular weight excluding hydrogens is 266 g/mol. The summed E-state index contributed by atoms with van der Waals surface area (Å²) in [5.41, 5.74) is 0.903. The van der Waals surface area contributed by atoms with Crippen molar-refractivity contribution in [1.82, 2.24) is 9.78 Å². The van der Waals surface area contributed by atoms with Crippen LogP contribution in [-0.2, 0) is 6.54 Å². The van der Waals surface area contributed by atoms with Gasteiger partial charge in [-0.05, 0) is 26.9 Å². The lowest BCUT2D eigenvalue weighted by molar-refractivity contribution is -0.390. The maximum Gasteiger partial charge on any atom is 0.404 e. The van der Waals surface area contributed by atoms with E-state index in [9.17, 15) is 10.1 Å². The molecule has 0 spiro atoms. The maximum absolute atomic E-state index is 10.5. The lowest BCUT2D eigenvalue weighted by Crippen LogP contribution is -2.00. The Morgan fingerprint density at radius 3 is 3.00 bits per heavy atom. The maximum atomic E-state index is 10.5. The molecule has 0 N–H and O–H groups in total. The first-order chi connectivity index (χ1) is 7.16. The average Bonchev–Trinajstić information content (AvgIpc) is 2.75. The summed E-state index contributed by atoms with van der Waals surface area (Å²) in [4.78, 5) is 9.99. The van der Waals surface area contributed by atoms with Gasteiger partial charge >= 0.3 is 5.82 Å². The second-order valence-corrected chi connectivity index (χ2v) is 3.74. The van der Waals surface area contributed by atoms with Crippen molar-refractivity contribution in [1.29, 1.82) is 0 Å². The summed E-state index contributed by atoms with van der Waals surface area (Å²) in [6, 6.07) is 1.78. The molecule has 15 heavy (non-hydrogen) atoms. The van der Waals surface area contributed by atoms with Gasteiger partial charge in [0.25, 0.3) is 0 Å². The molecule has 0 radical (unpaired) electrons. The van der Waals surface area contributed by atoms with E-state index < -0.39 is 4.92 Å². The summed E-state index contributed by atoms with van der Waals surface area (Å²) in [5.74, 6) is -0.182. The Morgan fingerprint density at radius 1 is 1.67 bits per heavy atom. The van der Waals surface area contributed by atoms with Crippen molar-refractivity contribution >= 4 is 21.7 Å². The Kier molecular flexibility index (Phi) is 2.55. The first-order valence-corrected chi connectivity index (χ1v) is 4.84. The molecule has 2 heterocycles. The second-order valence-electron chi connectivity index (χ2n) is 2.89. The monoisotopic (exact) mass is 271 g/mol. The van der Waals surface area contributed by atoms with Gasteiger partial charge in [-0.2, -0.15) is 4.68 Å². The highest BCUT2D eigenvalue weighted by molar-refractivity contribution is 9.10. The van der Waals surface area contributed by atoms with Gasteiger partial charge in [0.2, 0.25) is 0 Å². The van der Waals surface area contributed by atoms with E-state index >= 15 is 0 Å². The number of halogens is 1. The Labute approximate surface area is 92.8 Å². The van der Waals surface area contributed by atoms with Crippen LogP contribution in [0.3, 0.4) is 0 Å². The largest absolute Gasteiger partial charge is 0.472 e. The Morgan fingerprint density at radius 2 is 2.47 bits per heavy atom. The highest BCUT2D eigenvalue weighted by Crippen LogP contribution is 2.22. The molecule has 0 unspecified atom stereocenters. The fourth-order valence-corrected chi connectivity index (χ4v) is 1.62. The van der Waals surface area contributed by atoms with Crippen LogP contribution in [0.25, 0.3) is 0 Å². The van der Waals surface area contributed by atoms with Crippen molar-refractivity contribution in [2.75, 3.05) is 0 Å². The predicted octanol–water partition coefficient (Wildman–Crippen LogP) is 2.20. The van der Waals surface area contributed by atoms with Crippen LogP contribution in [0.4, 0.5) is 5.82 Å². The number of aromatic nitrogens is 2. The number of hydrogen-bond acceptors (Lipinski definition) is 4. The molecule has 0 aliphatic rings. The van der Waals surface area contributed by atoms with Crippen LogP contribution < -0.4 is 0 Å². The summed E-state index contributed by atoms with van der Waals surface area (Å²) in [5, 5.41) is 14.3. The van der Waals surface area contributed by atoms with E-state index in [2.05, 4.69) is 21.0 Å². The van der Waals surface area contributed by atoms with Crippen LogP contribution in [0.1, 0.15) is 5.56 Å². The number of nitro groups is 1. The molecule has 0 saturated heterocycles. The van der Waals surface area contributed by atoms with Gasteiger partial charge in [-0.1, -0.05) is 0 Å². The number of rotatable bonds is 3. The van der Waals surface area contributed by atoms with Crippen LogP contribution in [0.5, 0.6) is 0 Å². The Balaban J connectivity index is 2.23. The normalized spacial score (nSPS) is 10.5. The van der Waals surface area contributed by atoms with Crippen molar-refractivity contribution in [2.45, 2.75) is 6.54 Å². The number of nitrogens with zero attached hydrogens (tertiary/aromatic N) is 3. The number of hydrogen-bond donors (Lipinski definition) is 0. The van der Waals surface area contributed by atoms with E-state index in [1.165, 1.54) is 4.68 Å². The lowest BCUT2D eigenvalue weighted by Gasteiger charge is -1.90. The average molecular weight is 272 g/mol. The molecule has 2 aromatic heterocycles. The van der Waals surface area contributed by atoms with Crippen molar-refractivity contribution in [3.05, 3.63) is 44.9 Å². The molecule has 0 aromatic carbocycles. The van der Waals surface area contributed by atoms with Gasteiger partial charge in [0, 0.05) is 5.56 Å². The van der Waals surface area contributed by atoms with Gasteiger partial charge in [0.15, 0.2) is 0 Å². The van der Waals surface area contributed by atoms with E-state index in [-0.39, 0.29) is 5.82 Å². The minimum atomic E-state index is -0.532. The molecule has 2 rings (SSSR count). The van der Waals surface area contributed by atoms with E-state index in [0.717, 1.165) is 5.56 Å². The van der Waals surface area contributed by atoms with Crippen LogP contribution >= 0.6 is 15.9 Å². The zero-order chi connectivity index (χ0) is 10.8. The minimum absolute atomic E-state index is 0.182. The third kappa shape index (κ3) is 2.07. The van der Waals surface area contributed by atoms with Crippen LogP contribution in [-0.4, -0.2) is 14.7 Å². The molecule has 0 bridgehead atoms. The molecule has 0 atom stereocenters. The van der Waals surface area contributed by atoms with Crippen molar-refractivity contribution in [3.8, 4) is 0 Å². The van der Waals surface area contributed by atoms with E-state index in [0.29, 0.717) is 11.0 Å². The molecule has 0 amide bonds. The van der Waals surface area contributed by atoms with Crippen LogP contribution in [0.15, 0.2) is 33.7 Å². The molecule has 78 valence electrons. The van der Waals surface area contributed by atoms with Crippen molar-refractivity contribution in [2.24, 2.45) is 0 Å². The predicted molar refractivity (Wildman–Crippen MR) is 54.4 cm³/mol. The highest BCUT2D eigenvalue weighted by atomic mass is 79.9. The minimum Gasteiger partial charge on any atom is -0.472 e. The standard InChI is InChI=1S/C8H6BrN3O3/c9-7-4-11(10-8(7)12(13)14)3-6-1-2-15-5-6/h1-2,4-5H,3H2. The molecule has 7 heteroatoms. The van der Waals surface area contributed by atoms with Crippen molar-refractivity contribution in [3.63, 3.8) is 0 Å². The summed E-state index contributed by atoms with van der Waals surface area (Å²) in [6.45, 7) is 0.447. The van der Waals surface area contributed by atoms with Gasteiger partial charge in [0.05, 0.1) is 30.4 Å². The van der Waals surface area contributed by atoms with Gasteiger partial charge in [-0.25, -0.2) is 0 Å². The second kappa shape index (κ2) is 3.85. The highest BCUT2D eigenvalue weighted by Gasteiger charge is 2.18. The topological polar surface area (TPSA) is 74.1 Å². The molecular formula is C8H6BrN3O3. The summed E-state index contributed by atoms with van der Waals surface area (Å²) in [7, 11) is 0. The molecule has 6 nitrogen and oxygen atoms in total. The molecule has 2 aromatic rings. The van der Waals surface area contributed by atoms with Crippen LogP contribution in [0, 0.1) is 10.1 Å². The molecule has 0 aliphatic heterocycles. The summed E-state index contributed by atoms with van der Waals surface area (Å²) >= 11 is 3.07. The lowest BCUT2D eigenvalue weighted by atomic mass is 10.3. The smallest absolute Gasteiger partial charge is 0.404 e. The fourth-order valence-electron chi connectivity index (χ4n) is 1.16. The molecule has 0 saturated carbocycles. The quantitative estimate of drug-likeness (QED) is 0.634. The van der Waals surface area contributed by atoms with Gasteiger partial charge < -0.3 is 14.5 Å². The molecule has 0 fully saturated rings. The summed E-state index contributed by atoms with van der Waals surface area (Å²) < 4.78 is 6.74. The Hall–Kier alpha value is -1.63. The zero-order valence-corrected chi connectivity index (χ0v) is 9.05. The van der Waals surface area contributed by atoms with E-state index in [4.69, 9.17) is 4.42 Å². The summed E-state index contributed by atoms with van der Waals surface area (Å²) in [6.07, 6.45) is 4.68. The molecule has 0 aliphatic carbocycles. The SMILES string of the molecule is O=[N+]([O-])c1nn(Cc2ccoc2)cc1Br. The zero-order valence-electron chi connectivity index (χ0n) is 7.46. The van der Waals surface area contributed by atoms with Crippen LogP contribution in [0.2, 0.25) is 0 Å². The Bertz CT molecular complexity index is 477. The fraction of sp³-hybridized carbons (Fsp3) is 0.125. The first kappa shape index (κ1) is 9.91. The number of furan rings is 1. The van der Waals surface area contributed by atoms with Gasteiger partial charge in [0.1, 0.15) is 4.47 Å². The first-order valence-electron chi connectivity index (χ1n) is 4.05. The van der Waals surface area contributed by atoms with E-state index in [1.807, 2.05) is 0 Å². The third-order valence-corrected chi connectivity index (χ3v) is 2.36. The van der Waals surface area contributed by atoms with E-state index in [1.54, 1.807) is 24.8 Å². The van der Waals surface area contributed by atoms with Gasteiger partial charge in [-0.3, -0.25) is 0 Å².